The fourth-order valence-electron chi connectivity index (χ4n) is 3.56. The number of hydrogen-bond donors (Lipinski definition) is 1. The number of ketones is 1. The molecule has 1 aliphatic heterocycles. The molecule has 0 aromatic heterocycles. The molecule has 0 radical (unpaired) electrons. The zero-order valence-corrected chi connectivity index (χ0v) is 13.6. The normalized spacial score (nSPS) is 31.3. The zero-order chi connectivity index (χ0) is 15.9. The Bertz CT molecular complexity index is 706. The van der Waals surface area contributed by atoms with Gasteiger partial charge in [-0.2, -0.15) is 5.26 Å². The van der Waals surface area contributed by atoms with E-state index >= 15 is 0 Å². The summed E-state index contributed by atoms with van der Waals surface area (Å²) in [7, 11) is 2.74. The van der Waals surface area contributed by atoms with Crippen molar-refractivity contribution < 1.29 is 4.79 Å². The number of fused-ring (bicyclic) bond motifs is 1. The number of anilines is 1. The number of allylic oxidation sites excluding steroid dienone is 1. The van der Waals surface area contributed by atoms with Crippen LogP contribution in [0.1, 0.15) is 13.3 Å². The Morgan fingerprint density at radius 2 is 2.09 bits per heavy atom. The van der Waals surface area contributed by atoms with Gasteiger partial charge in [-0.3, -0.25) is 10.2 Å². The van der Waals surface area contributed by atoms with Gasteiger partial charge in [0, 0.05) is 18.2 Å². The highest BCUT2D eigenvalue weighted by atomic mass is 31.0. The quantitative estimate of drug-likeness (QED) is 0.811. The average molecular weight is 311 g/mol. The van der Waals surface area contributed by atoms with Crippen molar-refractivity contribution in [3.05, 3.63) is 42.0 Å². The number of nitrogens with zero attached hydrogens (tertiary/aromatic N) is 2. The molecule has 0 spiro atoms. The number of piperidine rings is 1. The van der Waals surface area contributed by atoms with Crippen molar-refractivity contribution in [3.63, 3.8) is 0 Å². The lowest BCUT2D eigenvalue weighted by molar-refractivity contribution is -0.120. The molecule has 22 heavy (non-hydrogen) atoms. The molecule has 1 fully saturated rings. The molecule has 0 amide bonds. The van der Waals surface area contributed by atoms with E-state index in [0.29, 0.717) is 5.84 Å². The van der Waals surface area contributed by atoms with E-state index < -0.39 is 5.16 Å². The summed E-state index contributed by atoms with van der Waals surface area (Å²) in [5, 5.41) is 17.2. The van der Waals surface area contributed by atoms with Crippen LogP contribution in [0, 0.1) is 28.6 Å². The first-order valence-electron chi connectivity index (χ1n) is 7.36. The molecule has 1 saturated heterocycles. The number of para-hydroxylation sites is 1. The van der Waals surface area contributed by atoms with E-state index in [4.69, 9.17) is 5.41 Å². The van der Waals surface area contributed by atoms with Crippen molar-refractivity contribution in [3.8, 4) is 6.07 Å². The second-order valence-electron chi connectivity index (χ2n) is 5.99. The van der Waals surface area contributed by atoms with Gasteiger partial charge in [0.15, 0.2) is 5.78 Å². The lowest BCUT2D eigenvalue weighted by Gasteiger charge is -2.49. The predicted octanol–water partition coefficient (Wildman–Crippen LogP) is 2.77. The summed E-state index contributed by atoms with van der Waals surface area (Å²) in [4.78, 5) is 14.2. The lowest BCUT2D eigenvalue weighted by Crippen LogP contribution is -2.58. The van der Waals surface area contributed by atoms with E-state index in [0.717, 1.165) is 18.7 Å². The maximum absolute atomic E-state index is 12.2. The second-order valence-corrected chi connectivity index (χ2v) is 6.94. The van der Waals surface area contributed by atoms with Crippen LogP contribution in [0.4, 0.5) is 5.69 Å². The third-order valence-corrected chi connectivity index (χ3v) is 5.68. The van der Waals surface area contributed by atoms with Crippen LogP contribution in [0.15, 0.2) is 42.0 Å². The van der Waals surface area contributed by atoms with E-state index in [1.807, 2.05) is 48.2 Å². The Hall–Kier alpha value is -1.98. The zero-order valence-electron chi connectivity index (χ0n) is 12.4. The first kappa shape index (κ1) is 14.9. The van der Waals surface area contributed by atoms with Crippen LogP contribution < -0.4 is 4.90 Å². The topological polar surface area (TPSA) is 68.0 Å². The number of carbonyl (C=O) groups excluding carboxylic acids is 1. The highest BCUT2D eigenvalue weighted by Gasteiger charge is 2.51. The van der Waals surface area contributed by atoms with Crippen molar-refractivity contribution in [2.45, 2.75) is 18.5 Å². The van der Waals surface area contributed by atoms with Gasteiger partial charge in [-0.25, -0.2) is 0 Å². The largest absolute Gasteiger partial charge is 0.329 e. The molecular weight excluding hydrogens is 293 g/mol. The van der Waals surface area contributed by atoms with Crippen LogP contribution in [0.5, 0.6) is 0 Å². The van der Waals surface area contributed by atoms with Gasteiger partial charge >= 0.3 is 0 Å². The Balaban J connectivity index is 2.05. The molecule has 1 N–H and O–H groups in total. The summed E-state index contributed by atoms with van der Waals surface area (Å²) in [5.74, 6) is 0.170. The minimum absolute atomic E-state index is 0.0505. The summed E-state index contributed by atoms with van der Waals surface area (Å²) < 4.78 is 0. The molecule has 5 heteroatoms. The molecule has 2 aliphatic rings. The van der Waals surface area contributed by atoms with Crippen LogP contribution in [0.2, 0.25) is 0 Å². The first-order chi connectivity index (χ1) is 10.5. The molecule has 112 valence electrons. The summed E-state index contributed by atoms with van der Waals surface area (Å²) in [5.41, 5.74) is 1.16. The summed E-state index contributed by atoms with van der Waals surface area (Å²) in [6.45, 7) is 2.60. The Morgan fingerprint density at radius 1 is 1.41 bits per heavy atom. The molecule has 1 heterocycles. The maximum Gasteiger partial charge on any atom is 0.176 e. The van der Waals surface area contributed by atoms with E-state index in [9.17, 15) is 10.1 Å². The van der Waals surface area contributed by atoms with Crippen LogP contribution in [-0.4, -0.2) is 23.3 Å². The lowest BCUT2D eigenvalue weighted by atomic mass is 9.68. The number of nitriles is 1. The number of rotatable bonds is 1. The van der Waals surface area contributed by atoms with Gasteiger partial charge in [-0.05, 0) is 30.5 Å². The van der Waals surface area contributed by atoms with Crippen LogP contribution in [0.25, 0.3) is 0 Å². The van der Waals surface area contributed by atoms with Crippen molar-refractivity contribution in [1.82, 2.24) is 0 Å². The SMILES string of the molecule is C[C@H]1C(=O)C(C#N)=C[C@@]2(P)C(=N)N(c3ccccc3)CC[C@H]12. The van der Waals surface area contributed by atoms with Gasteiger partial charge < -0.3 is 4.90 Å². The van der Waals surface area contributed by atoms with E-state index in [1.165, 1.54) is 0 Å². The highest BCUT2D eigenvalue weighted by molar-refractivity contribution is 7.21. The highest BCUT2D eigenvalue weighted by Crippen LogP contribution is 2.47. The van der Waals surface area contributed by atoms with Crippen LogP contribution >= 0.6 is 9.24 Å². The van der Waals surface area contributed by atoms with Gasteiger partial charge in [0.05, 0.1) is 10.7 Å². The first-order valence-corrected chi connectivity index (χ1v) is 7.94. The van der Waals surface area contributed by atoms with Crippen molar-refractivity contribution in [2.24, 2.45) is 11.8 Å². The van der Waals surface area contributed by atoms with Gasteiger partial charge in [-0.1, -0.05) is 25.1 Å². The molecular formula is C17H18N3OP. The molecule has 0 bridgehead atoms. The molecule has 1 aromatic carbocycles. The van der Waals surface area contributed by atoms with E-state index in [-0.39, 0.29) is 23.2 Å². The van der Waals surface area contributed by atoms with Gasteiger partial charge in [-0.15, -0.1) is 9.24 Å². The van der Waals surface area contributed by atoms with E-state index in [1.54, 1.807) is 6.08 Å². The third kappa shape index (κ3) is 2.09. The molecule has 4 atom stereocenters. The fraction of sp³-hybridized carbons (Fsp3) is 0.353. The number of hydrogen-bond acceptors (Lipinski definition) is 3. The molecule has 1 aliphatic carbocycles. The van der Waals surface area contributed by atoms with Crippen LogP contribution in [-0.2, 0) is 4.79 Å². The van der Waals surface area contributed by atoms with Gasteiger partial charge in [0.2, 0.25) is 0 Å². The molecule has 4 nitrogen and oxygen atoms in total. The Labute approximate surface area is 132 Å². The molecule has 3 rings (SSSR count). The average Bonchev–Trinajstić information content (AvgIpc) is 2.54. The van der Waals surface area contributed by atoms with Crippen molar-refractivity contribution >= 4 is 26.5 Å². The molecule has 1 aromatic rings. The minimum Gasteiger partial charge on any atom is -0.329 e. The molecule has 1 unspecified atom stereocenters. The van der Waals surface area contributed by atoms with Crippen molar-refractivity contribution in [2.75, 3.05) is 11.4 Å². The number of nitrogens with one attached hydrogen (secondary N) is 1. The summed E-state index contributed by atoms with van der Waals surface area (Å²) in [6, 6.07) is 11.8. The standard InChI is InChI=1S/C17H18N3OP/c1-11-14-7-8-20(13-5-3-2-4-6-13)16(19)17(14,22)9-12(10-18)15(11)21/h2-6,9,11,14,19H,7-8,22H2,1H3/t11-,14-,17+/m1/s1. The number of carbonyl (C=O) groups is 1. The van der Waals surface area contributed by atoms with Crippen LogP contribution in [0.3, 0.4) is 0 Å². The summed E-state index contributed by atoms with van der Waals surface area (Å²) in [6.07, 6.45) is 2.50. The number of Topliss-reactive ketones (excluding diaryl/α,β-unsaturated/α-hetero) is 1. The van der Waals surface area contributed by atoms with Gasteiger partial charge in [0.25, 0.3) is 0 Å². The third-order valence-electron chi connectivity index (χ3n) is 4.81. The number of benzene rings is 1. The minimum atomic E-state index is -0.646. The smallest absolute Gasteiger partial charge is 0.176 e. The second kappa shape index (κ2) is 5.34. The fourth-order valence-corrected chi connectivity index (χ4v) is 4.34. The van der Waals surface area contributed by atoms with E-state index in [2.05, 4.69) is 9.24 Å². The van der Waals surface area contributed by atoms with Gasteiger partial charge in [0.1, 0.15) is 11.9 Å². The molecule has 0 saturated carbocycles. The number of amidine groups is 1. The monoisotopic (exact) mass is 311 g/mol. The Morgan fingerprint density at radius 3 is 2.73 bits per heavy atom. The van der Waals surface area contributed by atoms with Crippen molar-refractivity contribution in [1.29, 1.82) is 10.7 Å². The Kier molecular flexibility index (Phi) is 3.62. The maximum atomic E-state index is 12.2. The summed E-state index contributed by atoms with van der Waals surface area (Å²) >= 11 is 0. The predicted molar refractivity (Wildman–Crippen MR) is 89.9 cm³/mol.